The first-order chi connectivity index (χ1) is 18.3. The van der Waals surface area contributed by atoms with Crippen LogP contribution in [0.25, 0.3) is 11.0 Å². The number of alkyl halides is 3. The van der Waals surface area contributed by atoms with Gasteiger partial charge < -0.3 is 19.1 Å². The van der Waals surface area contributed by atoms with Gasteiger partial charge >= 0.3 is 6.18 Å². The molecular weight excluding hydrogens is 501 g/mol. The molecule has 3 aromatic rings. The molecule has 0 atom stereocenters. The standard InChI is InChI=1S/C27H31F3N4O4/c28-27(29,30)19-3-1-2-18(16-19)25(36)32-26-31-23-17-22(38-15-12-33-10-13-37-14-11-33)8-9-24(23)34(26)20-4-6-21(35)7-5-20/h1-3,8-9,16-17,20-21,35H,4-7,10-15H2,(H,31,32,36). The Hall–Kier alpha value is -3.15. The SMILES string of the molecule is O=C(Nc1nc2cc(OCCN3CCOCC3)ccc2n1C1CCC(O)CC1)c1cccc(C(F)(F)F)c1. The number of anilines is 1. The highest BCUT2D eigenvalue weighted by molar-refractivity contribution is 6.04. The minimum absolute atomic E-state index is 0.0201. The van der Waals surface area contributed by atoms with Gasteiger partial charge in [0.25, 0.3) is 5.91 Å². The summed E-state index contributed by atoms with van der Waals surface area (Å²) in [6, 6.07) is 9.85. The topological polar surface area (TPSA) is 88.9 Å². The van der Waals surface area contributed by atoms with E-state index in [-0.39, 0.29) is 23.7 Å². The number of hydrogen-bond donors (Lipinski definition) is 2. The number of nitrogens with one attached hydrogen (secondary N) is 1. The van der Waals surface area contributed by atoms with Gasteiger partial charge in [-0.3, -0.25) is 15.0 Å². The molecule has 38 heavy (non-hydrogen) atoms. The number of carbonyl (C=O) groups excluding carboxylic acids is 1. The van der Waals surface area contributed by atoms with Gasteiger partial charge in [-0.05, 0) is 56.0 Å². The van der Waals surface area contributed by atoms with Crippen molar-refractivity contribution in [2.45, 2.75) is 44.0 Å². The number of halogens is 3. The van der Waals surface area contributed by atoms with Crippen molar-refractivity contribution in [1.29, 1.82) is 0 Å². The van der Waals surface area contributed by atoms with Crippen molar-refractivity contribution in [1.82, 2.24) is 14.5 Å². The Bertz CT molecular complexity index is 1260. The third-order valence-corrected chi connectivity index (χ3v) is 7.15. The van der Waals surface area contributed by atoms with Crippen molar-refractivity contribution in [2.75, 3.05) is 44.8 Å². The van der Waals surface area contributed by atoms with Gasteiger partial charge in [0.1, 0.15) is 12.4 Å². The number of aliphatic hydroxyl groups excluding tert-OH is 1. The van der Waals surface area contributed by atoms with Gasteiger partial charge in [-0.15, -0.1) is 0 Å². The number of ether oxygens (including phenoxy) is 2. The molecule has 1 aliphatic heterocycles. The van der Waals surface area contributed by atoms with Gasteiger partial charge in [0, 0.05) is 37.3 Å². The van der Waals surface area contributed by atoms with Gasteiger partial charge in [0.2, 0.25) is 5.95 Å². The largest absolute Gasteiger partial charge is 0.492 e. The lowest BCUT2D eigenvalue weighted by molar-refractivity contribution is -0.137. The number of aliphatic hydroxyl groups is 1. The summed E-state index contributed by atoms with van der Waals surface area (Å²) in [5.74, 6) is 0.227. The number of hydrogen-bond acceptors (Lipinski definition) is 6. The third-order valence-electron chi connectivity index (χ3n) is 7.15. The van der Waals surface area contributed by atoms with E-state index in [1.54, 1.807) is 0 Å². The number of nitrogens with zero attached hydrogens (tertiary/aromatic N) is 3. The summed E-state index contributed by atoms with van der Waals surface area (Å²) in [5.41, 5.74) is 0.397. The monoisotopic (exact) mass is 532 g/mol. The fraction of sp³-hybridized carbons (Fsp3) is 0.481. The summed E-state index contributed by atoms with van der Waals surface area (Å²) in [7, 11) is 0. The van der Waals surface area contributed by atoms with E-state index in [9.17, 15) is 23.1 Å². The molecule has 1 saturated heterocycles. The number of benzene rings is 2. The Morgan fingerprint density at radius 3 is 2.61 bits per heavy atom. The van der Waals surface area contributed by atoms with E-state index in [2.05, 4.69) is 15.2 Å². The van der Waals surface area contributed by atoms with Crippen molar-refractivity contribution in [3.63, 3.8) is 0 Å². The van der Waals surface area contributed by atoms with E-state index in [4.69, 9.17) is 9.47 Å². The number of aromatic nitrogens is 2. The first-order valence-corrected chi connectivity index (χ1v) is 12.9. The van der Waals surface area contributed by atoms with Crippen LogP contribution in [0, 0.1) is 0 Å². The highest BCUT2D eigenvalue weighted by Crippen LogP contribution is 2.36. The molecule has 8 nitrogen and oxygen atoms in total. The molecule has 2 aromatic carbocycles. The van der Waals surface area contributed by atoms with E-state index < -0.39 is 17.6 Å². The predicted molar refractivity (Wildman–Crippen MR) is 135 cm³/mol. The highest BCUT2D eigenvalue weighted by Gasteiger charge is 2.31. The zero-order valence-electron chi connectivity index (χ0n) is 20.9. The quantitative estimate of drug-likeness (QED) is 0.466. The van der Waals surface area contributed by atoms with Crippen LogP contribution < -0.4 is 10.1 Å². The average molecular weight is 533 g/mol. The molecule has 1 amide bonds. The molecule has 204 valence electrons. The van der Waals surface area contributed by atoms with Crippen LogP contribution >= 0.6 is 0 Å². The zero-order valence-corrected chi connectivity index (χ0v) is 20.9. The molecule has 11 heteroatoms. The van der Waals surface area contributed by atoms with Crippen LogP contribution in [0.5, 0.6) is 5.75 Å². The molecule has 2 N–H and O–H groups in total. The fourth-order valence-electron chi connectivity index (χ4n) is 5.07. The van der Waals surface area contributed by atoms with Crippen LogP contribution in [0.3, 0.4) is 0 Å². The number of imidazole rings is 1. The number of fused-ring (bicyclic) bond motifs is 1. The minimum Gasteiger partial charge on any atom is -0.492 e. The van der Waals surface area contributed by atoms with E-state index >= 15 is 0 Å². The predicted octanol–water partition coefficient (Wildman–Crippen LogP) is 4.49. The lowest BCUT2D eigenvalue weighted by Crippen LogP contribution is -2.38. The summed E-state index contributed by atoms with van der Waals surface area (Å²) in [5, 5.41) is 12.7. The number of carbonyl (C=O) groups is 1. The van der Waals surface area contributed by atoms with E-state index in [0.717, 1.165) is 50.5 Å². The fourth-order valence-corrected chi connectivity index (χ4v) is 5.07. The van der Waals surface area contributed by atoms with Gasteiger partial charge in [-0.2, -0.15) is 13.2 Å². The second-order valence-corrected chi connectivity index (χ2v) is 9.75. The average Bonchev–Trinajstić information content (AvgIpc) is 3.26. The normalized spacial score (nSPS) is 20.9. The Labute approximate surface area is 218 Å². The van der Waals surface area contributed by atoms with Crippen LogP contribution in [0.2, 0.25) is 0 Å². The maximum atomic E-state index is 13.2. The van der Waals surface area contributed by atoms with Crippen LogP contribution in [0.15, 0.2) is 42.5 Å². The molecule has 1 aromatic heterocycles. The molecule has 2 fully saturated rings. The van der Waals surface area contributed by atoms with Gasteiger partial charge in [0.05, 0.1) is 35.9 Å². The minimum atomic E-state index is -4.55. The third kappa shape index (κ3) is 6.11. The maximum Gasteiger partial charge on any atom is 0.416 e. The molecule has 0 bridgehead atoms. The van der Waals surface area contributed by atoms with Crippen LogP contribution in [0.4, 0.5) is 19.1 Å². The lowest BCUT2D eigenvalue weighted by atomic mass is 9.93. The van der Waals surface area contributed by atoms with Crippen molar-refractivity contribution in [3.05, 3.63) is 53.6 Å². The second-order valence-electron chi connectivity index (χ2n) is 9.75. The molecule has 1 aliphatic carbocycles. The van der Waals surface area contributed by atoms with Crippen molar-refractivity contribution in [2.24, 2.45) is 0 Å². The molecular formula is C27H31F3N4O4. The first kappa shape index (κ1) is 26.5. The highest BCUT2D eigenvalue weighted by atomic mass is 19.4. The summed E-state index contributed by atoms with van der Waals surface area (Å²) in [6.07, 6.45) is -2.30. The van der Waals surface area contributed by atoms with Crippen molar-refractivity contribution >= 4 is 22.9 Å². The summed E-state index contributed by atoms with van der Waals surface area (Å²) < 4.78 is 52.8. The van der Waals surface area contributed by atoms with Gasteiger partial charge in [0.15, 0.2) is 0 Å². The van der Waals surface area contributed by atoms with E-state index in [0.29, 0.717) is 43.6 Å². The Morgan fingerprint density at radius 2 is 1.87 bits per heavy atom. The lowest BCUT2D eigenvalue weighted by Gasteiger charge is -2.28. The molecule has 0 unspecified atom stereocenters. The summed E-state index contributed by atoms with van der Waals surface area (Å²) in [6.45, 7) is 4.47. The van der Waals surface area contributed by atoms with Crippen LogP contribution in [-0.2, 0) is 10.9 Å². The number of morpholine rings is 1. The number of amides is 1. The Morgan fingerprint density at radius 1 is 1.11 bits per heavy atom. The summed E-state index contributed by atoms with van der Waals surface area (Å²) in [4.78, 5) is 19.9. The van der Waals surface area contributed by atoms with Crippen molar-refractivity contribution in [3.8, 4) is 5.75 Å². The second kappa shape index (κ2) is 11.3. The molecule has 0 radical (unpaired) electrons. The van der Waals surface area contributed by atoms with Crippen LogP contribution in [-0.4, -0.2) is 71.0 Å². The molecule has 1 saturated carbocycles. The molecule has 2 aliphatic rings. The van der Waals surface area contributed by atoms with E-state index in [1.807, 2.05) is 22.8 Å². The zero-order chi connectivity index (χ0) is 26.7. The van der Waals surface area contributed by atoms with Crippen molar-refractivity contribution < 1.29 is 32.5 Å². The first-order valence-electron chi connectivity index (χ1n) is 12.9. The van der Waals surface area contributed by atoms with E-state index in [1.165, 1.54) is 12.1 Å². The maximum absolute atomic E-state index is 13.2. The van der Waals surface area contributed by atoms with Crippen LogP contribution in [0.1, 0.15) is 47.6 Å². The van der Waals surface area contributed by atoms with Gasteiger partial charge in [-0.25, -0.2) is 4.98 Å². The smallest absolute Gasteiger partial charge is 0.416 e. The Balaban J connectivity index is 1.39. The molecule has 5 rings (SSSR count). The number of rotatable bonds is 7. The molecule has 2 heterocycles. The Kier molecular flexibility index (Phi) is 7.87. The molecule has 0 spiro atoms. The summed E-state index contributed by atoms with van der Waals surface area (Å²) >= 11 is 0. The van der Waals surface area contributed by atoms with Gasteiger partial charge in [-0.1, -0.05) is 6.07 Å².